The van der Waals surface area contributed by atoms with E-state index in [4.69, 9.17) is 15.6 Å². The third-order valence-electron chi connectivity index (χ3n) is 3.89. The maximum absolute atomic E-state index is 9.29. The number of nitrogen functional groups attached to an aromatic ring is 1. The highest BCUT2D eigenvalue weighted by atomic mass is 16.5. The summed E-state index contributed by atoms with van der Waals surface area (Å²) in [5, 5.41) is 27.5. The van der Waals surface area contributed by atoms with Crippen LogP contribution in [-0.2, 0) is 4.74 Å². The lowest BCUT2D eigenvalue weighted by Crippen LogP contribution is -2.31. The second kappa shape index (κ2) is 8.79. The van der Waals surface area contributed by atoms with Crippen LogP contribution in [0.4, 0.5) is 11.4 Å². The van der Waals surface area contributed by atoms with Gasteiger partial charge in [-0.2, -0.15) is 0 Å². The fraction of sp³-hybridized carbons (Fsp3) is 0.471. The number of rotatable bonds is 8. The highest BCUT2D eigenvalue weighted by molar-refractivity contribution is 6.03. The molecule has 0 saturated carbocycles. The summed E-state index contributed by atoms with van der Waals surface area (Å²) in [4.78, 5) is 6.17. The van der Waals surface area contributed by atoms with Crippen molar-refractivity contribution in [3.05, 3.63) is 35.9 Å². The van der Waals surface area contributed by atoms with Crippen molar-refractivity contribution < 1.29 is 20.1 Å². The number of aliphatic hydroxyl groups is 3. The molecule has 1 unspecified atom stereocenters. The lowest BCUT2D eigenvalue weighted by Gasteiger charge is -2.28. The molecule has 0 bridgehead atoms. The smallest absolute Gasteiger partial charge is 0.111 e. The predicted octanol–water partition coefficient (Wildman–Crippen LogP) is 0.121. The molecule has 0 radical (unpaired) electrons. The van der Waals surface area contributed by atoms with Gasteiger partial charge < -0.3 is 30.7 Å². The molecule has 1 aromatic rings. The van der Waals surface area contributed by atoms with Crippen LogP contribution in [0, 0.1) is 0 Å². The Labute approximate surface area is 141 Å². The highest BCUT2D eigenvalue weighted by Crippen LogP contribution is 2.38. The van der Waals surface area contributed by atoms with Crippen molar-refractivity contribution in [1.29, 1.82) is 0 Å². The van der Waals surface area contributed by atoms with Crippen LogP contribution in [-0.4, -0.2) is 67.1 Å². The molecule has 132 valence electrons. The van der Waals surface area contributed by atoms with Gasteiger partial charge in [0.2, 0.25) is 0 Å². The van der Waals surface area contributed by atoms with Gasteiger partial charge in [0, 0.05) is 35.6 Å². The van der Waals surface area contributed by atoms with Crippen LogP contribution in [0.1, 0.15) is 11.7 Å². The SMILES string of the molecule is C=C1C(=NCCO)COC1c1cc(N)ccc1N(CCO)CCO. The van der Waals surface area contributed by atoms with Gasteiger partial charge in [-0.05, 0) is 18.2 Å². The predicted molar refractivity (Wildman–Crippen MR) is 94.5 cm³/mol. The van der Waals surface area contributed by atoms with Gasteiger partial charge in [0.1, 0.15) is 6.10 Å². The number of hydrogen-bond acceptors (Lipinski definition) is 7. The fourth-order valence-corrected chi connectivity index (χ4v) is 2.78. The summed E-state index contributed by atoms with van der Waals surface area (Å²) in [5.41, 5.74) is 9.67. The highest BCUT2D eigenvalue weighted by Gasteiger charge is 2.30. The number of nitrogens with zero attached hydrogens (tertiary/aromatic N) is 2. The monoisotopic (exact) mass is 335 g/mol. The zero-order valence-corrected chi connectivity index (χ0v) is 13.7. The van der Waals surface area contributed by atoms with E-state index in [1.54, 1.807) is 6.07 Å². The Kier molecular flexibility index (Phi) is 6.74. The van der Waals surface area contributed by atoms with Gasteiger partial charge in [-0.15, -0.1) is 0 Å². The van der Waals surface area contributed by atoms with Crippen molar-refractivity contribution in [3.8, 4) is 0 Å². The minimum Gasteiger partial charge on any atom is -0.399 e. The first-order valence-electron chi connectivity index (χ1n) is 7.93. The zero-order chi connectivity index (χ0) is 17.5. The van der Waals surface area contributed by atoms with E-state index in [0.29, 0.717) is 31.9 Å². The number of benzene rings is 1. The molecule has 1 aliphatic rings. The molecule has 0 aromatic heterocycles. The summed E-state index contributed by atoms with van der Waals surface area (Å²) in [7, 11) is 0. The van der Waals surface area contributed by atoms with Crippen LogP contribution in [0.5, 0.6) is 0 Å². The first-order chi connectivity index (χ1) is 11.6. The van der Waals surface area contributed by atoms with Gasteiger partial charge in [0.05, 0.1) is 38.7 Å². The van der Waals surface area contributed by atoms with Gasteiger partial charge in [-0.3, -0.25) is 4.99 Å². The number of aliphatic imine (C=N–C) groups is 1. The van der Waals surface area contributed by atoms with Crippen molar-refractivity contribution in [2.75, 3.05) is 56.7 Å². The van der Waals surface area contributed by atoms with Gasteiger partial charge in [-0.1, -0.05) is 6.58 Å². The molecule has 1 aromatic carbocycles. The maximum Gasteiger partial charge on any atom is 0.111 e. The molecule has 0 spiro atoms. The average molecular weight is 335 g/mol. The van der Waals surface area contributed by atoms with Crippen LogP contribution in [0.2, 0.25) is 0 Å². The molecule has 7 heteroatoms. The lowest BCUT2D eigenvalue weighted by molar-refractivity contribution is 0.136. The molecule has 0 amide bonds. The van der Waals surface area contributed by atoms with Crippen LogP contribution in [0.25, 0.3) is 0 Å². The van der Waals surface area contributed by atoms with E-state index in [2.05, 4.69) is 11.6 Å². The van der Waals surface area contributed by atoms with Gasteiger partial charge >= 0.3 is 0 Å². The van der Waals surface area contributed by atoms with E-state index in [0.717, 1.165) is 22.5 Å². The summed E-state index contributed by atoms with van der Waals surface area (Å²) >= 11 is 0. The Morgan fingerprint density at radius 1 is 1.21 bits per heavy atom. The van der Waals surface area contributed by atoms with E-state index < -0.39 is 0 Å². The number of ether oxygens (including phenoxy) is 1. The van der Waals surface area contributed by atoms with Crippen molar-refractivity contribution in [2.45, 2.75) is 6.10 Å². The Bertz CT molecular complexity index is 597. The summed E-state index contributed by atoms with van der Waals surface area (Å²) in [5.74, 6) is 0. The molecule has 2 rings (SSSR count). The van der Waals surface area contributed by atoms with Crippen LogP contribution in [0.3, 0.4) is 0 Å². The van der Waals surface area contributed by atoms with E-state index in [1.165, 1.54) is 0 Å². The normalized spacial score (nSPS) is 19.2. The Morgan fingerprint density at radius 3 is 2.54 bits per heavy atom. The van der Waals surface area contributed by atoms with E-state index >= 15 is 0 Å². The van der Waals surface area contributed by atoms with Crippen LogP contribution in [0.15, 0.2) is 35.3 Å². The van der Waals surface area contributed by atoms with E-state index in [1.807, 2.05) is 17.0 Å². The second-order valence-electron chi connectivity index (χ2n) is 5.52. The van der Waals surface area contributed by atoms with E-state index in [-0.39, 0.29) is 25.9 Å². The maximum atomic E-state index is 9.29. The molecule has 1 aliphatic heterocycles. The third kappa shape index (κ3) is 4.12. The summed E-state index contributed by atoms with van der Waals surface area (Å²) in [6.45, 7) is 5.42. The topological polar surface area (TPSA) is 112 Å². The quantitative estimate of drug-likeness (QED) is 0.502. The number of nitrogens with two attached hydrogens (primary N) is 1. The molecule has 5 N–H and O–H groups in total. The Hall–Kier alpha value is -1.93. The van der Waals surface area contributed by atoms with Gasteiger partial charge in [-0.25, -0.2) is 0 Å². The number of hydrogen-bond donors (Lipinski definition) is 4. The van der Waals surface area contributed by atoms with Gasteiger partial charge in [0.15, 0.2) is 0 Å². The number of anilines is 2. The Balaban J connectivity index is 2.35. The van der Waals surface area contributed by atoms with Crippen molar-refractivity contribution >= 4 is 17.1 Å². The molecule has 0 aliphatic carbocycles. The molecule has 1 saturated heterocycles. The van der Waals surface area contributed by atoms with Crippen molar-refractivity contribution in [1.82, 2.24) is 0 Å². The van der Waals surface area contributed by atoms with Crippen molar-refractivity contribution in [2.24, 2.45) is 4.99 Å². The van der Waals surface area contributed by atoms with Gasteiger partial charge in [0.25, 0.3) is 0 Å². The van der Waals surface area contributed by atoms with Crippen LogP contribution < -0.4 is 10.6 Å². The van der Waals surface area contributed by atoms with Crippen LogP contribution >= 0.6 is 0 Å². The first-order valence-corrected chi connectivity index (χ1v) is 7.93. The Morgan fingerprint density at radius 2 is 1.92 bits per heavy atom. The molecular weight excluding hydrogens is 310 g/mol. The second-order valence-corrected chi connectivity index (χ2v) is 5.52. The largest absolute Gasteiger partial charge is 0.399 e. The molecule has 1 atom stereocenters. The third-order valence-corrected chi connectivity index (χ3v) is 3.89. The molecule has 1 fully saturated rings. The summed E-state index contributed by atoms with van der Waals surface area (Å²) in [6, 6.07) is 5.45. The lowest BCUT2D eigenvalue weighted by atomic mass is 9.98. The number of aliphatic hydroxyl groups excluding tert-OH is 3. The summed E-state index contributed by atoms with van der Waals surface area (Å²) < 4.78 is 5.84. The standard InChI is InChI=1S/C17H25N3O4/c1-12-15(19-4-7-21)11-24-17(12)14-10-13(18)2-3-16(14)20(5-8-22)6-9-23/h2-3,10,17,21-23H,1,4-9,11,18H2. The zero-order valence-electron chi connectivity index (χ0n) is 13.7. The first kappa shape index (κ1) is 18.4. The molecular formula is C17H25N3O4. The minimum atomic E-state index is -0.388. The minimum absolute atomic E-state index is 0.0221. The molecule has 7 nitrogen and oxygen atoms in total. The summed E-state index contributed by atoms with van der Waals surface area (Å²) in [6.07, 6.45) is -0.388. The fourth-order valence-electron chi connectivity index (χ4n) is 2.78. The average Bonchev–Trinajstić information content (AvgIpc) is 2.93. The van der Waals surface area contributed by atoms with E-state index in [9.17, 15) is 10.2 Å². The molecule has 24 heavy (non-hydrogen) atoms. The van der Waals surface area contributed by atoms with Crippen molar-refractivity contribution in [3.63, 3.8) is 0 Å². The molecule has 1 heterocycles.